The van der Waals surface area contributed by atoms with Crippen LogP contribution in [-0.4, -0.2) is 22.1 Å². The first-order valence-corrected chi connectivity index (χ1v) is 5.87. The Hall–Kier alpha value is -1.55. The quantitative estimate of drug-likeness (QED) is 0.623. The van der Waals surface area contributed by atoms with E-state index in [0.29, 0.717) is 22.8 Å². The molecule has 0 amide bonds. The van der Waals surface area contributed by atoms with E-state index < -0.39 is 0 Å². The summed E-state index contributed by atoms with van der Waals surface area (Å²) in [5, 5.41) is 0.300. The van der Waals surface area contributed by atoms with Crippen LogP contribution in [0.3, 0.4) is 0 Å². The maximum absolute atomic E-state index is 11.9. The minimum Gasteiger partial charge on any atom is -0.462 e. The van der Waals surface area contributed by atoms with Gasteiger partial charge in [0, 0.05) is 12.7 Å². The molecule has 0 atom stereocenters. The highest BCUT2D eigenvalue weighted by Gasteiger charge is 2.16. The van der Waals surface area contributed by atoms with Crippen molar-refractivity contribution in [1.82, 2.24) is 9.55 Å². The van der Waals surface area contributed by atoms with Gasteiger partial charge in [0.25, 0.3) is 0 Å². The lowest BCUT2D eigenvalue weighted by Gasteiger charge is -2.07. The van der Waals surface area contributed by atoms with Gasteiger partial charge in [-0.05, 0) is 26.0 Å². The molecule has 2 heterocycles. The molecule has 2 aromatic heterocycles. The molecule has 0 saturated carbocycles. The van der Waals surface area contributed by atoms with Gasteiger partial charge >= 0.3 is 5.97 Å². The molecule has 0 N–H and O–H groups in total. The number of esters is 1. The fraction of sp³-hybridized carbons (Fsp3) is 0.333. The average Bonchev–Trinajstić information content (AvgIpc) is 2.70. The van der Waals surface area contributed by atoms with Crippen LogP contribution in [0.2, 0.25) is 5.15 Å². The van der Waals surface area contributed by atoms with E-state index in [4.69, 9.17) is 16.3 Å². The van der Waals surface area contributed by atoms with Gasteiger partial charge in [-0.3, -0.25) is 0 Å². The van der Waals surface area contributed by atoms with Crippen LogP contribution < -0.4 is 0 Å². The molecular weight excluding hydrogens is 240 g/mol. The Labute approximate surface area is 104 Å². The fourth-order valence-corrected chi connectivity index (χ4v) is 2.01. The molecule has 0 radical (unpaired) electrons. The summed E-state index contributed by atoms with van der Waals surface area (Å²) < 4.78 is 6.97. The van der Waals surface area contributed by atoms with Gasteiger partial charge < -0.3 is 9.30 Å². The van der Waals surface area contributed by atoms with Gasteiger partial charge in [0.2, 0.25) is 0 Å². The van der Waals surface area contributed by atoms with E-state index in [2.05, 4.69) is 4.98 Å². The minimum absolute atomic E-state index is 0.300. The lowest BCUT2D eigenvalue weighted by Crippen LogP contribution is -2.08. The van der Waals surface area contributed by atoms with Crippen LogP contribution in [0.15, 0.2) is 18.3 Å². The van der Waals surface area contributed by atoms with Crippen molar-refractivity contribution in [3.8, 4) is 0 Å². The van der Waals surface area contributed by atoms with E-state index >= 15 is 0 Å². The molecule has 0 fully saturated rings. The Morgan fingerprint density at radius 3 is 2.94 bits per heavy atom. The second kappa shape index (κ2) is 4.75. The van der Waals surface area contributed by atoms with Crippen molar-refractivity contribution >= 4 is 28.6 Å². The number of halogens is 1. The summed E-state index contributed by atoms with van der Waals surface area (Å²) in [5.74, 6) is -0.366. The summed E-state index contributed by atoms with van der Waals surface area (Å²) in [6.45, 7) is 4.88. The molecule has 2 rings (SSSR count). The second-order valence-electron chi connectivity index (χ2n) is 3.55. The third-order valence-electron chi connectivity index (χ3n) is 2.52. The van der Waals surface area contributed by atoms with E-state index in [0.717, 1.165) is 12.1 Å². The second-order valence-corrected chi connectivity index (χ2v) is 3.94. The number of aryl methyl sites for hydroxylation is 1. The zero-order valence-corrected chi connectivity index (χ0v) is 10.5. The maximum Gasteiger partial charge on any atom is 0.340 e. The predicted octanol–water partition coefficient (Wildman–Crippen LogP) is 2.89. The normalized spacial score (nSPS) is 10.8. The largest absolute Gasteiger partial charge is 0.462 e. The van der Waals surface area contributed by atoms with Crippen molar-refractivity contribution in [3.05, 3.63) is 29.0 Å². The number of hydrogen-bond donors (Lipinski definition) is 0. The van der Waals surface area contributed by atoms with Crippen LogP contribution in [-0.2, 0) is 11.3 Å². The molecule has 4 nitrogen and oxygen atoms in total. The average molecular weight is 253 g/mol. The number of rotatable bonds is 3. The highest BCUT2D eigenvalue weighted by Crippen LogP contribution is 2.23. The number of carbonyl (C=O) groups is 1. The van der Waals surface area contributed by atoms with Crippen molar-refractivity contribution in [3.63, 3.8) is 0 Å². The van der Waals surface area contributed by atoms with E-state index in [9.17, 15) is 4.79 Å². The van der Waals surface area contributed by atoms with Crippen molar-refractivity contribution in [2.24, 2.45) is 0 Å². The smallest absolute Gasteiger partial charge is 0.340 e. The third-order valence-corrected chi connectivity index (χ3v) is 2.72. The number of fused-ring (bicyclic) bond motifs is 1. The third kappa shape index (κ3) is 2.13. The van der Waals surface area contributed by atoms with Crippen LogP contribution >= 0.6 is 11.6 Å². The molecule has 0 spiro atoms. The molecule has 0 bridgehead atoms. The Kier molecular flexibility index (Phi) is 3.33. The molecule has 0 aliphatic heterocycles. The Morgan fingerprint density at radius 2 is 2.29 bits per heavy atom. The Bertz CT molecular complexity index is 563. The number of nitrogens with zero attached hydrogens (tertiary/aromatic N) is 2. The molecule has 17 heavy (non-hydrogen) atoms. The first-order chi connectivity index (χ1) is 8.17. The van der Waals surface area contributed by atoms with Crippen LogP contribution in [0.4, 0.5) is 0 Å². The van der Waals surface area contributed by atoms with Crippen molar-refractivity contribution in [2.75, 3.05) is 6.61 Å². The van der Waals surface area contributed by atoms with E-state index in [1.165, 1.54) is 0 Å². The van der Waals surface area contributed by atoms with Crippen LogP contribution in [0.5, 0.6) is 0 Å². The molecule has 0 aliphatic rings. The standard InChI is InChI=1S/C12H13ClN2O2/c1-3-15-6-5-9-11(15)8(7-10(13)14-9)12(16)17-4-2/h5-7H,3-4H2,1-2H3. The molecular formula is C12H13ClN2O2. The summed E-state index contributed by atoms with van der Waals surface area (Å²) in [5.41, 5.74) is 1.95. The van der Waals surface area contributed by atoms with Gasteiger partial charge in [-0.25, -0.2) is 9.78 Å². The Balaban J connectivity index is 2.66. The molecule has 0 aromatic carbocycles. The number of aromatic nitrogens is 2. The summed E-state index contributed by atoms with van der Waals surface area (Å²) in [4.78, 5) is 16.0. The van der Waals surface area contributed by atoms with Gasteiger partial charge in [0.1, 0.15) is 5.15 Å². The predicted molar refractivity (Wildman–Crippen MR) is 66.4 cm³/mol. The zero-order chi connectivity index (χ0) is 12.4. The summed E-state index contributed by atoms with van der Waals surface area (Å²) in [6, 6.07) is 3.39. The highest BCUT2D eigenvalue weighted by molar-refractivity contribution is 6.30. The number of carbonyl (C=O) groups excluding carboxylic acids is 1. The zero-order valence-electron chi connectivity index (χ0n) is 9.74. The van der Waals surface area contributed by atoms with Gasteiger partial charge in [-0.2, -0.15) is 0 Å². The van der Waals surface area contributed by atoms with Crippen molar-refractivity contribution < 1.29 is 9.53 Å². The van der Waals surface area contributed by atoms with E-state index in [1.807, 2.05) is 23.8 Å². The lowest BCUT2D eigenvalue weighted by molar-refractivity contribution is 0.0528. The van der Waals surface area contributed by atoms with Crippen LogP contribution in [0.25, 0.3) is 11.0 Å². The SMILES string of the molecule is CCOC(=O)c1cc(Cl)nc2ccn(CC)c12. The van der Waals surface area contributed by atoms with Gasteiger partial charge in [-0.1, -0.05) is 11.6 Å². The van der Waals surface area contributed by atoms with Gasteiger partial charge in [0.15, 0.2) is 0 Å². The molecule has 2 aromatic rings. The summed E-state index contributed by atoms with van der Waals surface area (Å²) >= 11 is 5.89. The monoisotopic (exact) mass is 252 g/mol. The number of hydrogen-bond acceptors (Lipinski definition) is 3. The molecule has 5 heteroatoms. The summed E-state index contributed by atoms with van der Waals surface area (Å²) in [6.07, 6.45) is 1.89. The topological polar surface area (TPSA) is 44.1 Å². The number of pyridine rings is 1. The first-order valence-electron chi connectivity index (χ1n) is 5.49. The van der Waals surface area contributed by atoms with Crippen molar-refractivity contribution in [1.29, 1.82) is 0 Å². The minimum atomic E-state index is -0.366. The van der Waals surface area contributed by atoms with E-state index in [-0.39, 0.29) is 5.97 Å². The Morgan fingerprint density at radius 1 is 1.53 bits per heavy atom. The maximum atomic E-state index is 11.9. The molecule has 0 saturated heterocycles. The van der Waals surface area contributed by atoms with E-state index in [1.54, 1.807) is 13.0 Å². The summed E-state index contributed by atoms with van der Waals surface area (Å²) in [7, 11) is 0. The van der Waals surface area contributed by atoms with Crippen LogP contribution in [0.1, 0.15) is 24.2 Å². The highest BCUT2D eigenvalue weighted by atomic mass is 35.5. The lowest BCUT2D eigenvalue weighted by atomic mass is 10.2. The molecule has 0 aliphatic carbocycles. The molecule has 0 unspecified atom stereocenters. The molecule has 90 valence electrons. The first kappa shape index (κ1) is 11.9. The fourth-order valence-electron chi connectivity index (χ4n) is 1.81. The van der Waals surface area contributed by atoms with Gasteiger partial charge in [-0.15, -0.1) is 0 Å². The van der Waals surface area contributed by atoms with Crippen molar-refractivity contribution in [2.45, 2.75) is 20.4 Å². The van der Waals surface area contributed by atoms with Gasteiger partial charge in [0.05, 0.1) is 23.2 Å². The number of ether oxygens (including phenoxy) is 1. The van der Waals surface area contributed by atoms with Crippen LogP contribution in [0, 0.1) is 0 Å².